The van der Waals surface area contributed by atoms with E-state index in [0.29, 0.717) is 12.0 Å². The SMILES string of the molecule is C#CC(Cc1cc2cc(C)ccc2[nH]c1=O)NC. The second-order valence-electron chi connectivity index (χ2n) is 4.43. The number of pyridine rings is 1. The van der Waals surface area contributed by atoms with Crippen molar-refractivity contribution in [1.29, 1.82) is 0 Å². The van der Waals surface area contributed by atoms with Crippen LogP contribution in [0.2, 0.25) is 0 Å². The molecule has 0 amide bonds. The quantitative estimate of drug-likeness (QED) is 0.800. The summed E-state index contributed by atoms with van der Waals surface area (Å²) in [6, 6.07) is 7.76. The van der Waals surface area contributed by atoms with Crippen molar-refractivity contribution in [2.24, 2.45) is 0 Å². The molecule has 1 aromatic heterocycles. The van der Waals surface area contributed by atoms with Crippen LogP contribution in [0.5, 0.6) is 0 Å². The van der Waals surface area contributed by atoms with Gasteiger partial charge in [0.1, 0.15) is 0 Å². The van der Waals surface area contributed by atoms with Crippen LogP contribution in [-0.2, 0) is 6.42 Å². The van der Waals surface area contributed by atoms with Gasteiger partial charge in [-0.1, -0.05) is 17.6 Å². The van der Waals surface area contributed by atoms with Gasteiger partial charge < -0.3 is 10.3 Å². The van der Waals surface area contributed by atoms with Gasteiger partial charge in [0.15, 0.2) is 0 Å². The highest BCUT2D eigenvalue weighted by Crippen LogP contribution is 2.13. The average Bonchev–Trinajstić information content (AvgIpc) is 2.36. The minimum Gasteiger partial charge on any atom is -0.322 e. The molecule has 0 aliphatic heterocycles. The Kier molecular flexibility index (Phi) is 3.50. The topological polar surface area (TPSA) is 44.9 Å². The summed E-state index contributed by atoms with van der Waals surface area (Å²) in [4.78, 5) is 14.8. The number of hydrogen-bond acceptors (Lipinski definition) is 2. The number of benzene rings is 1. The molecule has 0 spiro atoms. The van der Waals surface area contributed by atoms with Gasteiger partial charge in [-0.05, 0) is 37.6 Å². The molecule has 1 unspecified atom stereocenters. The van der Waals surface area contributed by atoms with Crippen molar-refractivity contribution in [3.05, 3.63) is 45.7 Å². The first-order valence-electron chi connectivity index (χ1n) is 5.90. The Morgan fingerprint density at radius 2 is 2.22 bits per heavy atom. The van der Waals surface area contributed by atoms with Gasteiger partial charge in [-0.25, -0.2) is 0 Å². The predicted octanol–water partition coefficient (Wildman–Crippen LogP) is 1.60. The van der Waals surface area contributed by atoms with Gasteiger partial charge in [-0.3, -0.25) is 4.79 Å². The Morgan fingerprint density at radius 3 is 2.89 bits per heavy atom. The highest BCUT2D eigenvalue weighted by Gasteiger charge is 2.08. The number of aromatic nitrogens is 1. The van der Waals surface area contributed by atoms with E-state index in [9.17, 15) is 4.79 Å². The zero-order valence-corrected chi connectivity index (χ0v) is 10.6. The lowest BCUT2D eigenvalue weighted by Gasteiger charge is -2.09. The van der Waals surface area contributed by atoms with Crippen molar-refractivity contribution < 1.29 is 0 Å². The van der Waals surface area contributed by atoms with Gasteiger partial charge in [-0.2, -0.15) is 0 Å². The molecule has 2 N–H and O–H groups in total. The summed E-state index contributed by atoms with van der Waals surface area (Å²) < 4.78 is 0. The molecule has 2 rings (SSSR count). The number of aryl methyl sites for hydroxylation is 1. The van der Waals surface area contributed by atoms with Crippen LogP contribution in [0.1, 0.15) is 11.1 Å². The fraction of sp³-hybridized carbons (Fsp3) is 0.267. The first-order chi connectivity index (χ1) is 8.63. The second-order valence-corrected chi connectivity index (χ2v) is 4.43. The van der Waals surface area contributed by atoms with E-state index >= 15 is 0 Å². The Bertz CT molecular complexity index is 664. The highest BCUT2D eigenvalue weighted by atomic mass is 16.1. The Morgan fingerprint density at radius 1 is 1.44 bits per heavy atom. The molecule has 0 aliphatic rings. The van der Waals surface area contributed by atoms with Gasteiger partial charge in [0.05, 0.1) is 6.04 Å². The number of hydrogen-bond donors (Lipinski definition) is 2. The van der Waals surface area contributed by atoms with E-state index in [2.05, 4.69) is 22.3 Å². The van der Waals surface area contributed by atoms with E-state index in [0.717, 1.165) is 10.9 Å². The molecule has 18 heavy (non-hydrogen) atoms. The molecule has 3 nitrogen and oxygen atoms in total. The van der Waals surface area contributed by atoms with Crippen LogP contribution < -0.4 is 10.9 Å². The van der Waals surface area contributed by atoms with Gasteiger partial charge in [0.2, 0.25) is 0 Å². The number of nitrogens with one attached hydrogen (secondary N) is 2. The summed E-state index contributed by atoms with van der Waals surface area (Å²) in [6.07, 6.45) is 5.93. The second kappa shape index (κ2) is 5.07. The van der Waals surface area contributed by atoms with Crippen LogP contribution in [0.15, 0.2) is 29.1 Å². The molecule has 0 radical (unpaired) electrons. The van der Waals surface area contributed by atoms with Crippen molar-refractivity contribution in [3.8, 4) is 12.3 Å². The zero-order chi connectivity index (χ0) is 13.1. The minimum atomic E-state index is -0.117. The first-order valence-corrected chi connectivity index (χ1v) is 5.90. The lowest BCUT2D eigenvalue weighted by molar-refractivity contribution is 0.680. The molecule has 1 heterocycles. The molecule has 1 aromatic carbocycles. The summed E-state index contributed by atoms with van der Waals surface area (Å²) in [5, 5.41) is 4.04. The minimum absolute atomic E-state index is 0.0677. The molecule has 0 fully saturated rings. The van der Waals surface area contributed by atoms with Crippen LogP contribution in [0, 0.1) is 19.3 Å². The standard InChI is InChI=1S/C15H16N2O/c1-4-13(16-3)9-12-8-11-7-10(2)5-6-14(11)17-15(12)18/h1,5-8,13,16H,9H2,2-3H3,(H,17,18). The molecule has 0 saturated carbocycles. The fourth-order valence-corrected chi connectivity index (χ4v) is 1.99. The van der Waals surface area contributed by atoms with Crippen LogP contribution >= 0.6 is 0 Å². The van der Waals surface area contributed by atoms with Crippen molar-refractivity contribution >= 4 is 10.9 Å². The fourth-order valence-electron chi connectivity index (χ4n) is 1.99. The summed E-state index contributed by atoms with van der Waals surface area (Å²) in [7, 11) is 1.80. The molecule has 3 heteroatoms. The summed E-state index contributed by atoms with van der Waals surface area (Å²) in [6.45, 7) is 2.03. The van der Waals surface area contributed by atoms with E-state index in [4.69, 9.17) is 6.42 Å². The maximum Gasteiger partial charge on any atom is 0.251 e. The van der Waals surface area contributed by atoms with Gasteiger partial charge in [-0.15, -0.1) is 6.42 Å². The monoisotopic (exact) mass is 240 g/mol. The molecular weight excluding hydrogens is 224 g/mol. The Balaban J connectivity index is 2.48. The van der Waals surface area contributed by atoms with Gasteiger partial charge in [0.25, 0.3) is 5.56 Å². The lowest BCUT2D eigenvalue weighted by Crippen LogP contribution is -2.28. The van der Waals surface area contributed by atoms with Crippen molar-refractivity contribution in [3.63, 3.8) is 0 Å². The van der Waals surface area contributed by atoms with Crippen LogP contribution in [-0.4, -0.2) is 18.1 Å². The van der Waals surface area contributed by atoms with E-state index < -0.39 is 0 Å². The van der Waals surface area contributed by atoms with Crippen molar-refractivity contribution in [1.82, 2.24) is 10.3 Å². The normalized spacial score (nSPS) is 12.3. The van der Waals surface area contributed by atoms with E-state index in [-0.39, 0.29) is 11.6 Å². The van der Waals surface area contributed by atoms with Gasteiger partial charge in [0, 0.05) is 17.5 Å². The van der Waals surface area contributed by atoms with Crippen LogP contribution in [0.4, 0.5) is 0 Å². The molecule has 1 atom stereocenters. The Hall–Kier alpha value is -2.05. The average molecular weight is 240 g/mol. The summed E-state index contributed by atoms with van der Waals surface area (Å²) in [5.74, 6) is 2.62. The van der Waals surface area contributed by atoms with Crippen LogP contribution in [0.3, 0.4) is 0 Å². The summed E-state index contributed by atoms with van der Waals surface area (Å²) in [5.41, 5.74) is 2.67. The smallest absolute Gasteiger partial charge is 0.251 e. The number of fused-ring (bicyclic) bond motifs is 1. The zero-order valence-electron chi connectivity index (χ0n) is 10.6. The van der Waals surface area contributed by atoms with E-state index in [1.54, 1.807) is 7.05 Å². The van der Waals surface area contributed by atoms with E-state index in [1.807, 2.05) is 25.1 Å². The largest absolute Gasteiger partial charge is 0.322 e. The Labute approximate surface area is 106 Å². The van der Waals surface area contributed by atoms with Crippen LogP contribution in [0.25, 0.3) is 10.9 Å². The third-order valence-electron chi connectivity index (χ3n) is 3.05. The predicted molar refractivity (Wildman–Crippen MR) is 74.7 cm³/mol. The first kappa shape index (κ1) is 12.4. The molecule has 0 bridgehead atoms. The van der Waals surface area contributed by atoms with Crippen molar-refractivity contribution in [2.45, 2.75) is 19.4 Å². The number of rotatable bonds is 3. The number of terminal acetylenes is 1. The third kappa shape index (κ3) is 2.44. The maximum absolute atomic E-state index is 11.9. The number of H-pyrrole nitrogens is 1. The highest BCUT2D eigenvalue weighted by molar-refractivity contribution is 5.79. The van der Waals surface area contributed by atoms with Crippen molar-refractivity contribution in [2.75, 3.05) is 7.05 Å². The van der Waals surface area contributed by atoms with Gasteiger partial charge >= 0.3 is 0 Å². The molecule has 2 aromatic rings. The maximum atomic E-state index is 11.9. The molecule has 0 aliphatic carbocycles. The van der Waals surface area contributed by atoms with E-state index in [1.165, 1.54) is 5.56 Å². The third-order valence-corrected chi connectivity index (χ3v) is 3.05. The number of aromatic amines is 1. The molecule has 92 valence electrons. The summed E-state index contributed by atoms with van der Waals surface area (Å²) >= 11 is 0. The molecule has 0 saturated heterocycles. The molecular formula is C15H16N2O. The number of likely N-dealkylation sites (N-methyl/N-ethyl adjacent to an activating group) is 1. The lowest BCUT2D eigenvalue weighted by atomic mass is 10.0.